The first-order chi connectivity index (χ1) is 9.49. The van der Waals surface area contributed by atoms with E-state index in [-0.39, 0.29) is 11.2 Å². The fourth-order valence-corrected chi connectivity index (χ4v) is 1.86. The van der Waals surface area contributed by atoms with Gasteiger partial charge < -0.3 is 5.32 Å². The first-order valence-electron chi connectivity index (χ1n) is 6.30. The number of nitrogens with one attached hydrogen (secondary N) is 1. The zero-order chi connectivity index (χ0) is 14.7. The van der Waals surface area contributed by atoms with Gasteiger partial charge in [-0.1, -0.05) is 0 Å². The van der Waals surface area contributed by atoms with Crippen LogP contribution in [0.25, 0.3) is 0 Å². The molecular formula is C12H18N6O2. The molecule has 0 bridgehead atoms. The molecular weight excluding hydrogens is 260 g/mol. The molecule has 1 N–H and O–H groups in total. The first kappa shape index (κ1) is 14.2. The minimum atomic E-state index is -0.319. The molecule has 0 saturated carbocycles. The lowest BCUT2D eigenvalue weighted by molar-refractivity contribution is 0.595. The summed E-state index contributed by atoms with van der Waals surface area (Å²) in [5, 5.41) is 7.35. The van der Waals surface area contributed by atoms with Gasteiger partial charge in [-0.25, -0.2) is 9.78 Å². The van der Waals surface area contributed by atoms with Gasteiger partial charge in [0.25, 0.3) is 5.56 Å². The number of aryl methyl sites for hydroxylation is 1. The highest BCUT2D eigenvalue weighted by atomic mass is 16.2. The van der Waals surface area contributed by atoms with E-state index in [0.717, 1.165) is 10.4 Å². The molecule has 8 heteroatoms. The summed E-state index contributed by atoms with van der Waals surface area (Å²) in [5.74, 6) is 0.762. The smallest absolute Gasteiger partial charge is 0.311 e. The van der Waals surface area contributed by atoms with Crippen LogP contribution in [0.5, 0.6) is 0 Å². The Labute approximate surface area is 115 Å². The highest BCUT2D eigenvalue weighted by Crippen LogP contribution is 1.92. The van der Waals surface area contributed by atoms with E-state index >= 15 is 0 Å². The Hall–Kier alpha value is -2.22. The number of hydrogen-bond acceptors (Lipinski definition) is 5. The van der Waals surface area contributed by atoms with E-state index in [9.17, 15) is 9.59 Å². The van der Waals surface area contributed by atoms with Crippen LogP contribution >= 0.6 is 0 Å². The van der Waals surface area contributed by atoms with Crippen LogP contribution in [0, 0.1) is 0 Å². The number of hydrogen-bond donors (Lipinski definition) is 1. The molecule has 2 heterocycles. The van der Waals surface area contributed by atoms with Crippen LogP contribution in [-0.2, 0) is 34.1 Å². The Balaban J connectivity index is 1.95. The van der Waals surface area contributed by atoms with Crippen molar-refractivity contribution < 1.29 is 0 Å². The molecule has 2 rings (SSSR count). The molecule has 2 aromatic heterocycles. The van der Waals surface area contributed by atoms with Crippen molar-refractivity contribution in [1.29, 1.82) is 0 Å². The van der Waals surface area contributed by atoms with Gasteiger partial charge >= 0.3 is 5.69 Å². The Morgan fingerprint density at radius 2 is 1.95 bits per heavy atom. The summed E-state index contributed by atoms with van der Waals surface area (Å²) in [6.45, 7) is 1.13. The lowest BCUT2D eigenvalue weighted by atomic mass is 10.3. The van der Waals surface area contributed by atoms with E-state index in [2.05, 4.69) is 15.4 Å². The first-order valence-corrected chi connectivity index (χ1v) is 6.30. The van der Waals surface area contributed by atoms with Crippen molar-refractivity contribution in [2.24, 2.45) is 21.1 Å². The van der Waals surface area contributed by atoms with Gasteiger partial charge in [0.05, 0.1) is 0 Å². The van der Waals surface area contributed by atoms with Crippen molar-refractivity contribution in [3.63, 3.8) is 0 Å². The van der Waals surface area contributed by atoms with Crippen LogP contribution in [0.15, 0.2) is 22.0 Å². The molecule has 8 nitrogen and oxygen atoms in total. The monoisotopic (exact) mass is 278 g/mol. The molecule has 0 atom stereocenters. The van der Waals surface area contributed by atoms with Crippen molar-refractivity contribution >= 4 is 0 Å². The van der Waals surface area contributed by atoms with Crippen LogP contribution in [0.4, 0.5) is 0 Å². The number of rotatable bonds is 5. The van der Waals surface area contributed by atoms with Crippen molar-refractivity contribution in [2.45, 2.75) is 13.0 Å². The fraction of sp³-hybridized carbons (Fsp3) is 0.500. The Morgan fingerprint density at radius 1 is 1.20 bits per heavy atom. The third kappa shape index (κ3) is 3.02. The van der Waals surface area contributed by atoms with Gasteiger partial charge in [0.15, 0.2) is 5.82 Å². The molecule has 20 heavy (non-hydrogen) atoms. The van der Waals surface area contributed by atoms with Gasteiger partial charge in [-0.3, -0.25) is 18.6 Å². The largest absolute Gasteiger partial charge is 0.330 e. The molecule has 0 aliphatic rings. The maximum absolute atomic E-state index is 11.7. The van der Waals surface area contributed by atoms with Gasteiger partial charge in [0.1, 0.15) is 6.33 Å². The lowest BCUT2D eigenvalue weighted by Crippen LogP contribution is -2.39. The molecule has 0 fully saturated rings. The molecule has 0 saturated heterocycles. The van der Waals surface area contributed by atoms with E-state index in [1.54, 1.807) is 18.1 Å². The maximum atomic E-state index is 11.7. The van der Waals surface area contributed by atoms with Crippen molar-refractivity contribution in [3.8, 4) is 0 Å². The molecule has 0 unspecified atom stereocenters. The predicted molar refractivity (Wildman–Crippen MR) is 73.3 cm³/mol. The Bertz CT molecular complexity index is 711. The second-order valence-corrected chi connectivity index (χ2v) is 4.64. The van der Waals surface area contributed by atoms with Gasteiger partial charge in [-0.05, 0) is 0 Å². The summed E-state index contributed by atoms with van der Waals surface area (Å²) in [4.78, 5) is 27.4. The van der Waals surface area contributed by atoms with Crippen LogP contribution < -0.4 is 16.6 Å². The second kappa shape index (κ2) is 5.83. The van der Waals surface area contributed by atoms with Crippen LogP contribution in [0.2, 0.25) is 0 Å². The van der Waals surface area contributed by atoms with Crippen LogP contribution in [-0.4, -0.2) is 30.4 Å². The van der Waals surface area contributed by atoms with Gasteiger partial charge in [-0.15, -0.1) is 0 Å². The summed E-state index contributed by atoms with van der Waals surface area (Å²) in [7, 11) is 4.94. The quantitative estimate of drug-likeness (QED) is 0.676. The SMILES string of the molecule is Cn1cnc(CCNCc2cc(=O)n(C)c(=O)n2C)n1. The molecule has 0 aliphatic carbocycles. The molecule has 0 aliphatic heterocycles. The molecule has 2 aromatic rings. The highest BCUT2D eigenvalue weighted by Gasteiger charge is 2.05. The topological polar surface area (TPSA) is 86.7 Å². The van der Waals surface area contributed by atoms with E-state index in [0.29, 0.717) is 25.2 Å². The van der Waals surface area contributed by atoms with Crippen molar-refractivity contribution in [3.05, 3.63) is 44.8 Å². The molecule has 108 valence electrons. The second-order valence-electron chi connectivity index (χ2n) is 4.64. The normalized spacial score (nSPS) is 10.9. The van der Waals surface area contributed by atoms with Crippen LogP contribution in [0.3, 0.4) is 0 Å². The van der Waals surface area contributed by atoms with E-state index in [1.165, 1.54) is 17.7 Å². The molecule has 0 aromatic carbocycles. The van der Waals surface area contributed by atoms with E-state index in [1.807, 2.05) is 7.05 Å². The Morgan fingerprint density at radius 3 is 2.60 bits per heavy atom. The van der Waals surface area contributed by atoms with Gasteiger partial charge in [0, 0.05) is 52.4 Å². The van der Waals surface area contributed by atoms with E-state index in [4.69, 9.17) is 0 Å². The zero-order valence-electron chi connectivity index (χ0n) is 11.8. The van der Waals surface area contributed by atoms with Gasteiger partial charge in [0.2, 0.25) is 0 Å². The average Bonchev–Trinajstić information content (AvgIpc) is 2.83. The maximum Gasteiger partial charge on any atom is 0.330 e. The lowest BCUT2D eigenvalue weighted by Gasteiger charge is -2.09. The number of aromatic nitrogens is 5. The van der Waals surface area contributed by atoms with Crippen molar-refractivity contribution in [1.82, 2.24) is 29.2 Å². The fourth-order valence-electron chi connectivity index (χ4n) is 1.86. The molecule has 0 amide bonds. The van der Waals surface area contributed by atoms with Crippen LogP contribution in [0.1, 0.15) is 11.5 Å². The molecule has 0 radical (unpaired) electrons. The summed E-state index contributed by atoms with van der Waals surface area (Å²) >= 11 is 0. The van der Waals surface area contributed by atoms with E-state index < -0.39 is 0 Å². The number of nitrogens with zero attached hydrogens (tertiary/aromatic N) is 5. The minimum Gasteiger partial charge on any atom is -0.311 e. The van der Waals surface area contributed by atoms with Crippen molar-refractivity contribution in [2.75, 3.05) is 6.54 Å². The third-order valence-corrected chi connectivity index (χ3v) is 3.10. The summed E-state index contributed by atoms with van der Waals surface area (Å²) in [5.41, 5.74) is 0.0454. The standard InChI is InChI=1S/C12H18N6O2/c1-16-8-14-10(15-16)4-5-13-7-9-6-11(19)18(3)12(20)17(9)2/h6,8,13H,4-5,7H2,1-3H3. The zero-order valence-corrected chi connectivity index (χ0v) is 11.8. The molecule has 0 spiro atoms. The average molecular weight is 278 g/mol. The highest BCUT2D eigenvalue weighted by molar-refractivity contribution is 5.01. The minimum absolute atomic E-state index is 0.295. The summed E-state index contributed by atoms with van der Waals surface area (Å²) in [6, 6.07) is 1.47. The third-order valence-electron chi connectivity index (χ3n) is 3.10. The predicted octanol–water partition coefficient (Wildman–Crippen LogP) is -1.46. The van der Waals surface area contributed by atoms with Gasteiger partial charge in [-0.2, -0.15) is 5.10 Å². The summed E-state index contributed by atoms with van der Waals surface area (Å²) < 4.78 is 4.20. The Kier molecular flexibility index (Phi) is 4.14. The summed E-state index contributed by atoms with van der Waals surface area (Å²) in [6.07, 6.45) is 2.35.